The number of primary sulfonamides is 1. The van der Waals surface area contributed by atoms with E-state index in [0.717, 1.165) is 6.26 Å². The van der Waals surface area contributed by atoms with Gasteiger partial charge in [-0.1, -0.05) is 60.1 Å². The number of rotatable bonds is 10. The average Bonchev–Trinajstić information content (AvgIpc) is 2.90. The molecule has 3 aromatic carbocycles. The number of carbonyl (C=O) groups is 2. The van der Waals surface area contributed by atoms with Crippen LogP contribution in [0, 0.1) is 0 Å². The van der Waals surface area contributed by atoms with Crippen molar-refractivity contribution in [3.63, 3.8) is 0 Å². The number of pyridine rings is 1. The van der Waals surface area contributed by atoms with Crippen LogP contribution in [0.25, 0.3) is 11.1 Å². The molecule has 212 valence electrons. The van der Waals surface area contributed by atoms with Crippen LogP contribution < -0.4 is 15.2 Å². The van der Waals surface area contributed by atoms with Gasteiger partial charge in [-0.15, -0.1) is 0 Å². The summed E-state index contributed by atoms with van der Waals surface area (Å²) in [5, 5.41) is 8.42. The second-order valence-electron chi connectivity index (χ2n) is 9.16. The summed E-state index contributed by atoms with van der Waals surface area (Å²) in [4.78, 5) is 30.0. The van der Waals surface area contributed by atoms with E-state index in [1.807, 2.05) is 0 Å². The molecule has 41 heavy (non-hydrogen) atoms. The lowest BCUT2D eigenvalue weighted by atomic mass is 9.95. The summed E-state index contributed by atoms with van der Waals surface area (Å²) in [7, 11) is -7.55. The number of nitrogens with one attached hydrogen (secondary N) is 2. The highest BCUT2D eigenvalue weighted by Crippen LogP contribution is 2.27. The number of ketones is 1. The molecule has 0 saturated carbocycles. The molecule has 13 heteroatoms. The molecule has 0 spiro atoms. The van der Waals surface area contributed by atoms with Crippen molar-refractivity contribution in [1.29, 1.82) is 0 Å². The first kappa shape index (κ1) is 29.9. The Balaban J connectivity index is 1.59. The Kier molecular flexibility index (Phi) is 8.88. The number of nitrogens with zero attached hydrogens (tertiary/aromatic N) is 1. The summed E-state index contributed by atoms with van der Waals surface area (Å²) < 4.78 is 49.9. The molecule has 0 aliphatic heterocycles. The van der Waals surface area contributed by atoms with Crippen molar-refractivity contribution in [3.8, 4) is 11.1 Å². The molecule has 0 atom stereocenters. The number of nitrogens with two attached hydrogens (primary N) is 1. The standard InChI is InChI=1S/C28H25ClN4O6S2/c1-40(36,37)33-23-12-10-20(16-28(35)32-27-13-11-22(29)17-31-27)21(14-23)15-25(34)19-8-6-18(7-9-19)24-4-2-3-5-26(24)41(30,38)39/h2-14,17,33H,15-16H2,1H3,(H2,30,38,39)(H,31,32,35). The molecule has 0 fully saturated rings. The molecule has 10 nitrogen and oxygen atoms in total. The van der Waals surface area contributed by atoms with Crippen LogP contribution in [0.2, 0.25) is 5.02 Å². The van der Waals surface area contributed by atoms with Gasteiger partial charge in [-0.2, -0.15) is 0 Å². The highest BCUT2D eigenvalue weighted by Gasteiger charge is 2.17. The lowest BCUT2D eigenvalue weighted by Crippen LogP contribution is -2.17. The van der Waals surface area contributed by atoms with E-state index < -0.39 is 26.0 Å². The third-order valence-electron chi connectivity index (χ3n) is 5.92. The fraction of sp³-hybridized carbons (Fsp3) is 0.107. The van der Waals surface area contributed by atoms with Crippen LogP contribution in [0.5, 0.6) is 0 Å². The molecule has 0 radical (unpaired) electrons. The Morgan fingerprint density at radius 3 is 2.22 bits per heavy atom. The fourth-order valence-electron chi connectivity index (χ4n) is 4.11. The third kappa shape index (κ3) is 8.21. The first-order valence-corrected chi connectivity index (χ1v) is 15.9. The number of carbonyl (C=O) groups excluding carboxylic acids is 2. The first-order valence-electron chi connectivity index (χ1n) is 12.0. The van der Waals surface area contributed by atoms with Crippen LogP contribution in [0.15, 0.2) is 90.0 Å². The minimum Gasteiger partial charge on any atom is -0.310 e. The second kappa shape index (κ2) is 12.2. The van der Waals surface area contributed by atoms with Crippen LogP contribution in [0.3, 0.4) is 0 Å². The van der Waals surface area contributed by atoms with Crippen molar-refractivity contribution in [2.75, 3.05) is 16.3 Å². The number of benzene rings is 3. The van der Waals surface area contributed by atoms with Gasteiger partial charge >= 0.3 is 0 Å². The number of hydrogen-bond donors (Lipinski definition) is 3. The molecule has 0 aliphatic carbocycles. The van der Waals surface area contributed by atoms with Gasteiger partial charge in [-0.25, -0.2) is 27.0 Å². The van der Waals surface area contributed by atoms with Gasteiger partial charge in [0.25, 0.3) is 0 Å². The molecule has 4 N–H and O–H groups in total. The van der Waals surface area contributed by atoms with Gasteiger partial charge < -0.3 is 5.32 Å². The predicted molar refractivity (Wildman–Crippen MR) is 158 cm³/mol. The van der Waals surface area contributed by atoms with Crippen molar-refractivity contribution in [2.45, 2.75) is 17.7 Å². The van der Waals surface area contributed by atoms with Gasteiger partial charge in [0, 0.05) is 29.4 Å². The summed E-state index contributed by atoms with van der Waals surface area (Å²) in [6.07, 6.45) is 2.17. The largest absolute Gasteiger partial charge is 0.310 e. The molecule has 1 aromatic heterocycles. The molecule has 0 aliphatic rings. The SMILES string of the molecule is CS(=O)(=O)Nc1ccc(CC(=O)Nc2ccc(Cl)cn2)c(CC(=O)c2ccc(-c3ccccc3S(N)(=O)=O)cc2)c1. The van der Waals surface area contributed by atoms with Gasteiger partial charge in [0.05, 0.1) is 22.6 Å². The van der Waals surface area contributed by atoms with Crippen LogP contribution in [0.1, 0.15) is 21.5 Å². The molecule has 4 aromatic rings. The lowest BCUT2D eigenvalue weighted by Gasteiger charge is -2.13. The maximum absolute atomic E-state index is 13.3. The van der Waals surface area contributed by atoms with Gasteiger partial charge in [0.15, 0.2) is 5.78 Å². The summed E-state index contributed by atoms with van der Waals surface area (Å²) in [6.45, 7) is 0. The van der Waals surface area contributed by atoms with Gasteiger partial charge in [-0.05, 0) is 47.0 Å². The molecule has 1 heterocycles. The number of hydrogen-bond acceptors (Lipinski definition) is 7. The topological polar surface area (TPSA) is 165 Å². The van der Waals surface area contributed by atoms with Crippen LogP contribution in [-0.2, 0) is 37.7 Å². The monoisotopic (exact) mass is 612 g/mol. The summed E-state index contributed by atoms with van der Waals surface area (Å²) >= 11 is 5.84. The van der Waals surface area contributed by atoms with E-state index in [0.29, 0.717) is 38.7 Å². The molecule has 1 amide bonds. The quantitative estimate of drug-likeness (QED) is 0.227. The first-order chi connectivity index (χ1) is 19.3. The number of Topliss-reactive ketones (excluding diaryl/α,β-unsaturated/α-hetero) is 1. The molecular weight excluding hydrogens is 588 g/mol. The number of halogens is 1. The number of aromatic nitrogens is 1. The van der Waals surface area contributed by atoms with E-state index >= 15 is 0 Å². The zero-order chi connectivity index (χ0) is 29.8. The Morgan fingerprint density at radius 1 is 0.878 bits per heavy atom. The van der Waals surface area contributed by atoms with Crippen molar-refractivity contribution in [1.82, 2.24) is 4.98 Å². The molecular formula is C28H25ClN4O6S2. The molecule has 4 rings (SSSR count). The molecule has 0 unspecified atom stereocenters. The minimum atomic E-state index is -3.96. The number of amides is 1. The maximum Gasteiger partial charge on any atom is 0.238 e. The lowest BCUT2D eigenvalue weighted by molar-refractivity contribution is -0.115. The maximum atomic E-state index is 13.3. The van der Waals surface area contributed by atoms with E-state index in [4.69, 9.17) is 16.7 Å². The number of anilines is 2. The number of sulfonamides is 2. The van der Waals surface area contributed by atoms with E-state index in [9.17, 15) is 26.4 Å². The second-order valence-corrected chi connectivity index (χ2v) is 12.9. The normalized spacial score (nSPS) is 11.6. The van der Waals surface area contributed by atoms with Crippen LogP contribution in [-0.4, -0.2) is 39.8 Å². The van der Waals surface area contributed by atoms with Gasteiger partial charge in [-0.3, -0.25) is 14.3 Å². The fourth-order valence-corrected chi connectivity index (χ4v) is 5.54. The summed E-state index contributed by atoms with van der Waals surface area (Å²) in [6, 6.07) is 20.4. The third-order valence-corrected chi connectivity index (χ3v) is 7.72. The predicted octanol–water partition coefficient (Wildman–Crippen LogP) is 4.03. The van der Waals surface area contributed by atoms with Crippen LogP contribution >= 0.6 is 11.6 Å². The zero-order valence-corrected chi connectivity index (χ0v) is 24.1. The van der Waals surface area contributed by atoms with E-state index in [2.05, 4.69) is 15.0 Å². The Morgan fingerprint density at radius 2 is 1.59 bits per heavy atom. The van der Waals surface area contributed by atoms with Crippen LogP contribution in [0.4, 0.5) is 11.5 Å². The highest BCUT2D eigenvalue weighted by molar-refractivity contribution is 7.92. The van der Waals surface area contributed by atoms with Gasteiger partial charge in [0.1, 0.15) is 5.82 Å². The minimum absolute atomic E-state index is 0.0361. The van der Waals surface area contributed by atoms with E-state index in [-0.39, 0.29) is 29.2 Å². The van der Waals surface area contributed by atoms with Crippen molar-refractivity contribution in [3.05, 3.63) is 107 Å². The Labute approximate surface area is 242 Å². The average molecular weight is 613 g/mol. The van der Waals surface area contributed by atoms with Crippen molar-refractivity contribution >= 4 is 54.8 Å². The summed E-state index contributed by atoms with van der Waals surface area (Å²) in [5.74, 6) is -0.388. The Hall–Kier alpha value is -4.10. The van der Waals surface area contributed by atoms with Crippen molar-refractivity contribution in [2.24, 2.45) is 5.14 Å². The highest BCUT2D eigenvalue weighted by atomic mass is 35.5. The molecule has 0 bridgehead atoms. The molecule has 0 saturated heterocycles. The van der Waals surface area contributed by atoms with Gasteiger partial charge in [0.2, 0.25) is 26.0 Å². The Bertz CT molecular complexity index is 1830. The van der Waals surface area contributed by atoms with E-state index in [1.54, 1.807) is 60.7 Å². The van der Waals surface area contributed by atoms with E-state index in [1.165, 1.54) is 24.4 Å². The smallest absolute Gasteiger partial charge is 0.238 e. The zero-order valence-electron chi connectivity index (χ0n) is 21.7. The van der Waals surface area contributed by atoms with Crippen molar-refractivity contribution < 1.29 is 26.4 Å². The summed E-state index contributed by atoms with van der Waals surface area (Å²) in [5.41, 5.74) is 2.50.